The van der Waals surface area contributed by atoms with Gasteiger partial charge in [0.1, 0.15) is 6.04 Å². The molecule has 0 aliphatic carbocycles. The molecule has 76 valence electrons. The van der Waals surface area contributed by atoms with Crippen molar-refractivity contribution in [3.05, 3.63) is 0 Å². The van der Waals surface area contributed by atoms with Gasteiger partial charge in [0.15, 0.2) is 0 Å². The summed E-state index contributed by atoms with van der Waals surface area (Å²) in [6, 6.07) is -0.871. The second-order valence-electron chi connectivity index (χ2n) is 2.50. The molecule has 0 aliphatic rings. The molecule has 0 rings (SSSR count). The van der Waals surface area contributed by atoms with E-state index in [1.54, 1.807) is 0 Å². The fourth-order valence-corrected chi connectivity index (χ4v) is 0.795. The molecule has 0 aromatic heterocycles. The second kappa shape index (κ2) is 6.38. The molecular weight excluding hydrogens is 178 g/mol. The van der Waals surface area contributed by atoms with Gasteiger partial charge < -0.3 is 20.6 Å². The number of hydrogen-bond acceptors (Lipinski definition) is 4. The molecule has 4 N–H and O–H groups in total. The van der Waals surface area contributed by atoms with Gasteiger partial charge in [-0.25, -0.2) is 0 Å². The maximum Gasteiger partial charge on any atom is 0.320 e. The second-order valence-corrected chi connectivity index (χ2v) is 2.50. The lowest BCUT2D eigenvalue weighted by Gasteiger charge is -2.11. The van der Waals surface area contributed by atoms with Gasteiger partial charge in [-0.1, -0.05) is 0 Å². The van der Waals surface area contributed by atoms with E-state index in [4.69, 9.17) is 15.3 Å². The summed E-state index contributed by atoms with van der Waals surface area (Å²) in [5, 5.41) is 27.8. The van der Waals surface area contributed by atoms with Crippen LogP contribution in [-0.2, 0) is 9.59 Å². The summed E-state index contributed by atoms with van der Waals surface area (Å²) in [7, 11) is 0. The minimum atomic E-state index is -1.08. The molecule has 1 atom stereocenters. The third-order valence-corrected chi connectivity index (χ3v) is 1.45. The van der Waals surface area contributed by atoms with E-state index in [-0.39, 0.29) is 26.0 Å². The molecule has 0 saturated heterocycles. The first-order valence-corrected chi connectivity index (χ1v) is 3.86. The third kappa shape index (κ3) is 6.06. The molecule has 6 heteroatoms. The van der Waals surface area contributed by atoms with Crippen molar-refractivity contribution in [1.82, 2.24) is 5.32 Å². The highest BCUT2D eigenvalue weighted by molar-refractivity contribution is 5.73. The van der Waals surface area contributed by atoms with Crippen LogP contribution in [0, 0.1) is 0 Å². The predicted molar refractivity (Wildman–Crippen MR) is 43.4 cm³/mol. The number of hydrogen-bond donors (Lipinski definition) is 4. The summed E-state index contributed by atoms with van der Waals surface area (Å²) in [6.45, 7) is -0.149. The number of aliphatic carboxylic acids is 2. The van der Waals surface area contributed by atoms with E-state index < -0.39 is 18.0 Å². The van der Waals surface area contributed by atoms with E-state index in [2.05, 4.69) is 5.32 Å². The van der Waals surface area contributed by atoms with Crippen molar-refractivity contribution in [2.45, 2.75) is 18.9 Å². The van der Waals surface area contributed by atoms with Gasteiger partial charge in [0.25, 0.3) is 0 Å². The van der Waals surface area contributed by atoms with E-state index in [9.17, 15) is 9.59 Å². The van der Waals surface area contributed by atoms with Gasteiger partial charge in [-0.2, -0.15) is 0 Å². The van der Waals surface area contributed by atoms with Crippen LogP contribution < -0.4 is 5.32 Å². The molecule has 0 amide bonds. The van der Waals surface area contributed by atoms with E-state index >= 15 is 0 Å². The molecule has 0 bridgehead atoms. The van der Waals surface area contributed by atoms with Crippen molar-refractivity contribution in [1.29, 1.82) is 0 Å². The van der Waals surface area contributed by atoms with Gasteiger partial charge in [0.05, 0.1) is 6.42 Å². The maximum atomic E-state index is 10.4. The Morgan fingerprint density at radius 3 is 2.31 bits per heavy atom. The summed E-state index contributed by atoms with van der Waals surface area (Å²) in [4.78, 5) is 20.5. The number of carbonyl (C=O) groups is 2. The average Bonchev–Trinajstić information content (AvgIpc) is 2.02. The fraction of sp³-hybridized carbons (Fsp3) is 0.714. The number of carboxylic acids is 2. The topological polar surface area (TPSA) is 107 Å². The fourth-order valence-electron chi connectivity index (χ4n) is 0.795. The summed E-state index contributed by atoms with van der Waals surface area (Å²) in [5.74, 6) is -2.07. The zero-order valence-corrected chi connectivity index (χ0v) is 7.06. The van der Waals surface area contributed by atoms with Gasteiger partial charge in [-0.3, -0.25) is 9.59 Å². The molecule has 13 heavy (non-hydrogen) atoms. The van der Waals surface area contributed by atoms with Crippen molar-refractivity contribution < 1.29 is 24.9 Å². The molecule has 0 aliphatic heterocycles. The largest absolute Gasteiger partial charge is 0.481 e. The number of nitrogens with one attached hydrogen (secondary N) is 1. The lowest BCUT2D eigenvalue weighted by Crippen LogP contribution is -2.38. The molecular formula is C7H13NO5. The standard InChI is InChI=1S/C7H13NO5/c9-4-2-5(7(12)13)8-3-1-6(10)11/h5,8-9H,1-4H2,(H,10,11)(H,12,13). The van der Waals surface area contributed by atoms with Crippen molar-refractivity contribution in [3.63, 3.8) is 0 Å². The van der Waals surface area contributed by atoms with Crippen molar-refractivity contribution in [2.75, 3.05) is 13.2 Å². The molecule has 6 nitrogen and oxygen atoms in total. The Kier molecular flexibility index (Phi) is 5.82. The number of carboxylic acid groups (broad SMARTS) is 2. The van der Waals surface area contributed by atoms with Crippen LogP contribution in [0.5, 0.6) is 0 Å². The van der Waals surface area contributed by atoms with Gasteiger partial charge in [-0.15, -0.1) is 0 Å². The average molecular weight is 191 g/mol. The Hall–Kier alpha value is -1.14. The maximum absolute atomic E-state index is 10.4. The quantitative estimate of drug-likeness (QED) is 0.406. The molecule has 0 heterocycles. The molecule has 0 fully saturated rings. The zero-order chi connectivity index (χ0) is 10.3. The van der Waals surface area contributed by atoms with Crippen molar-refractivity contribution in [3.8, 4) is 0 Å². The zero-order valence-electron chi connectivity index (χ0n) is 7.06. The lowest BCUT2D eigenvalue weighted by molar-refractivity contribution is -0.141. The normalized spacial score (nSPS) is 12.4. The van der Waals surface area contributed by atoms with E-state index in [1.807, 2.05) is 0 Å². The monoisotopic (exact) mass is 191 g/mol. The highest BCUT2D eigenvalue weighted by Crippen LogP contribution is 1.91. The highest BCUT2D eigenvalue weighted by Gasteiger charge is 2.15. The number of aliphatic hydroxyl groups is 1. The summed E-state index contributed by atoms with van der Waals surface area (Å²) < 4.78 is 0. The van der Waals surface area contributed by atoms with E-state index in [0.717, 1.165) is 0 Å². The van der Waals surface area contributed by atoms with Crippen molar-refractivity contribution in [2.24, 2.45) is 0 Å². The molecule has 0 radical (unpaired) electrons. The van der Waals surface area contributed by atoms with Crippen LogP contribution in [0.15, 0.2) is 0 Å². The SMILES string of the molecule is O=C(O)CCNC(CCO)C(=O)O. The third-order valence-electron chi connectivity index (χ3n) is 1.45. The Labute approximate surface area is 75.2 Å². The predicted octanol–water partition coefficient (Wildman–Crippen LogP) is -1.11. The van der Waals surface area contributed by atoms with Gasteiger partial charge in [0, 0.05) is 13.2 Å². The number of rotatable bonds is 7. The molecule has 0 saturated carbocycles. The van der Waals surface area contributed by atoms with E-state index in [1.165, 1.54) is 0 Å². The summed E-state index contributed by atoms with van der Waals surface area (Å²) in [6.07, 6.45) is -0.0514. The van der Waals surface area contributed by atoms with Crippen LogP contribution in [0.2, 0.25) is 0 Å². The Morgan fingerprint density at radius 1 is 1.31 bits per heavy atom. The summed E-state index contributed by atoms with van der Waals surface area (Å²) in [5.41, 5.74) is 0. The van der Waals surface area contributed by atoms with Gasteiger partial charge >= 0.3 is 11.9 Å². The molecule has 0 aromatic carbocycles. The summed E-state index contributed by atoms with van der Waals surface area (Å²) >= 11 is 0. The van der Waals surface area contributed by atoms with Crippen LogP contribution in [0.4, 0.5) is 0 Å². The van der Waals surface area contributed by atoms with Crippen LogP contribution in [0.1, 0.15) is 12.8 Å². The first-order valence-electron chi connectivity index (χ1n) is 3.86. The highest BCUT2D eigenvalue weighted by atomic mass is 16.4. The van der Waals surface area contributed by atoms with E-state index in [0.29, 0.717) is 0 Å². The first kappa shape index (κ1) is 11.9. The molecule has 0 spiro atoms. The lowest BCUT2D eigenvalue weighted by atomic mass is 10.2. The first-order chi connectivity index (χ1) is 6.07. The minimum Gasteiger partial charge on any atom is -0.481 e. The molecule has 1 unspecified atom stereocenters. The van der Waals surface area contributed by atoms with Gasteiger partial charge in [-0.05, 0) is 6.42 Å². The van der Waals surface area contributed by atoms with Crippen LogP contribution in [0.25, 0.3) is 0 Å². The smallest absolute Gasteiger partial charge is 0.320 e. The van der Waals surface area contributed by atoms with Crippen molar-refractivity contribution >= 4 is 11.9 Å². The molecule has 0 aromatic rings. The Balaban J connectivity index is 3.69. The van der Waals surface area contributed by atoms with Crippen LogP contribution in [0.3, 0.4) is 0 Å². The van der Waals surface area contributed by atoms with Crippen LogP contribution in [-0.4, -0.2) is 46.5 Å². The Bertz CT molecular complexity index is 182. The minimum absolute atomic E-state index is 0.0783. The Morgan fingerprint density at radius 2 is 1.92 bits per heavy atom. The van der Waals surface area contributed by atoms with Crippen LogP contribution >= 0.6 is 0 Å². The van der Waals surface area contributed by atoms with Gasteiger partial charge in [0.2, 0.25) is 0 Å². The number of aliphatic hydroxyl groups excluding tert-OH is 1.